The zero-order chi connectivity index (χ0) is 26.1. The summed E-state index contributed by atoms with van der Waals surface area (Å²) in [5.41, 5.74) is 3.50. The fourth-order valence-electron chi connectivity index (χ4n) is 4.96. The maximum Gasteiger partial charge on any atom is 0.315 e. The third kappa shape index (κ3) is 5.23. The standard InChI is InChI=1S/C28H29BrClNO5/c1-14(2)13-36-28(34)24-15(3)31-21-10-17(16-5-7-19(30)8-6-16)11-22(32)26(21)25(24)18-9-20(29)27(33)23(12-18)35-4/h5-9,12,14,17,24-25,33H,10-11,13H2,1-4H3/t17-,24?,25+/m0/s1. The molecule has 1 heterocycles. The molecule has 2 aliphatic rings. The van der Waals surface area contributed by atoms with Crippen molar-refractivity contribution in [2.45, 2.75) is 45.4 Å². The van der Waals surface area contributed by atoms with Crippen LogP contribution in [0.1, 0.15) is 56.6 Å². The first kappa shape index (κ1) is 26.4. The minimum Gasteiger partial charge on any atom is -0.503 e. The van der Waals surface area contributed by atoms with Gasteiger partial charge in [0.15, 0.2) is 17.3 Å². The third-order valence-corrected chi connectivity index (χ3v) is 7.53. The summed E-state index contributed by atoms with van der Waals surface area (Å²) >= 11 is 9.45. The van der Waals surface area contributed by atoms with Crippen LogP contribution >= 0.6 is 27.5 Å². The first-order valence-corrected chi connectivity index (χ1v) is 13.1. The summed E-state index contributed by atoms with van der Waals surface area (Å²) in [5.74, 6) is -1.51. The number of phenolic OH excluding ortho intramolecular Hbond substituents is 1. The molecule has 4 rings (SSSR count). The van der Waals surface area contributed by atoms with Gasteiger partial charge >= 0.3 is 5.97 Å². The maximum absolute atomic E-state index is 13.7. The van der Waals surface area contributed by atoms with E-state index in [1.807, 2.05) is 38.1 Å². The molecular weight excluding hydrogens is 546 g/mol. The Kier molecular flexibility index (Phi) is 7.90. The lowest BCUT2D eigenvalue weighted by Crippen LogP contribution is -2.38. The summed E-state index contributed by atoms with van der Waals surface area (Å²) in [5, 5.41) is 11.0. The molecule has 1 unspecified atom stereocenters. The van der Waals surface area contributed by atoms with Crippen LogP contribution in [0.2, 0.25) is 5.02 Å². The molecule has 0 aromatic heterocycles. The van der Waals surface area contributed by atoms with E-state index in [1.165, 1.54) is 7.11 Å². The van der Waals surface area contributed by atoms with E-state index >= 15 is 0 Å². The number of hydrogen-bond donors (Lipinski definition) is 1. The van der Waals surface area contributed by atoms with Crippen LogP contribution in [-0.2, 0) is 14.3 Å². The number of halogens is 2. The van der Waals surface area contributed by atoms with Crippen LogP contribution in [0.5, 0.6) is 11.5 Å². The molecule has 6 nitrogen and oxygen atoms in total. The van der Waals surface area contributed by atoms with Gasteiger partial charge in [0.2, 0.25) is 0 Å². The Morgan fingerprint density at radius 1 is 1.19 bits per heavy atom. The molecule has 190 valence electrons. The minimum absolute atomic E-state index is 0.0313. The van der Waals surface area contributed by atoms with E-state index in [0.717, 1.165) is 5.56 Å². The van der Waals surface area contributed by atoms with Crippen LogP contribution in [-0.4, -0.2) is 36.3 Å². The summed E-state index contributed by atoms with van der Waals surface area (Å²) < 4.78 is 11.4. The van der Waals surface area contributed by atoms with E-state index in [1.54, 1.807) is 19.1 Å². The highest BCUT2D eigenvalue weighted by atomic mass is 79.9. The van der Waals surface area contributed by atoms with Crippen LogP contribution in [0.3, 0.4) is 0 Å². The summed E-state index contributed by atoms with van der Waals surface area (Å²) in [6, 6.07) is 10.9. The van der Waals surface area contributed by atoms with Crippen LogP contribution in [0.15, 0.2) is 57.1 Å². The van der Waals surface area contributed by atoms with Crippen LogP contribution in [0.4, 0.5) is 0 Å². The molecule has 2 aromatic carbocycles. The van der Waals surface area contributed by atoms with Gasteiger partial charge in [0.25, 0.3) is 0 Å². The largest absolute Gasteiger partial charge is 0.503 e. The van der Waals surface area contributed by atoms with Crippen LogP contribution < -0.4 is 4.74 Å². The van der Waals surface area contributed by atoms with Gasteiger partial charge < -0.3 is 14.6 Å². The molecule has 1 N–H and O–H groups in total. The van der Waals surface area contributed by atoms with Crippen molar-refractivity contribution in [3.8, 4) is 11.5 Å². The summed E-state index contributed by atoms with van der Waals surface area (Å²) in [6.45, 7) is 6.02. The number of carbonyl (C=O) groups is 2. The Morgan fingerprint density at radius 2 is 1.89 bits per heavy atom. The number of rotatable bonds is 6. The zero-order valence-electron chi connectivity index (χ0n) is 20.7. The lowest BCUT2D eigenvalue weighted by molar-refractivity contribution is -0.147. The SMILES string of the molecule is COc1cc([C@H]2C3=C(C[C@H](c4ccc(Cl)cc4)CC3=O)N=C(C)C2C(=O)OCC(C)C)cc(Br)c1O. The van der Waals surface area contributed by atoms with Gasteiger partial charge in [0.1, 0.15) is 5.92 Å². The second-order valence-electron chi connectivity index (χ2n) is 9.73. The fraction of sp³-hybridized carbons (Fsp3) is 0.393. The number of carbonyl (C=O) groups excluding carboxylic acids is 2. The number of ether oxygens (including phenoxy) is 2. The van der Waals surface area contributed by atoms with Gasteiger partial charge in [-0.2, -0.15) is 0 Å². The summed E-state index contributed by atoms with van der Waals surface area (Å²) in [6.07, 6.45) is 0.871. The Balaban J connectivity index is 1.82. The van der Waals surface area contributed by atoms with Crippen LogP contribution in [0.25, 0.3) is 0 Å². The summed E-state index contributed by atoms with van der Waals surface area (Å²) in [4.78, 5) is 31.9. The predicted molar refractivity (Wildman–Crippen MR) is 143 cm³/mol. The monoisotopic (exact) mass is 573 g/mol. The van der Waals surface area contributed by atoms with Gasteiger partial charge in [0.05, 0.1) is 18.2 Å². The van der Waals surface area contributed by atoms with Gasteiger partial charge in [0, 0.05) is 34.3 Å². The van der Waals surface area contributed by atoms with E-state index in [2.05, 4.69) is 15.9 Å². The molecule has 0 saturated heterocycles. The maximum atomic E-state index is 13.7. The summed E-state index contributed by atoms with van der Waals surface area (Å²) in [7, 11) is 1.46. The van der Waals surface area contributed by atoms with E-state index in [0.29, 0.717) is 44.9 Å². The molecule has 3 atom stereocenters. The second-order valence-corrected chi connectivity index (χ2v) is 11.0. The van der Waals surface area contributed by atoms with Crippen LogP contribution in [0, 0.1) is 11.8 Å². The lowest BCUT2D eigenvalue weighted by atomic mass is 9.69. The number of benzene rings is 2. The Hall–Kier alpha value is -2.64. The molecule has 1 aliphatic heterocycles. The lowest BCUT2D eigenvalue weighted by Gasteiger charge is -2.36. The number of allylic oxidation sites excluding steroid dienone is 2. The number of aliphatic imine (C=N–C) groups is 1. The zero-order valence-corrected chi connectivity index (χ0v) is 23.0. The van der Waals surface area contributed by atoms with Crippen molar-refractivity contribution in [3.05, 3.63) is 68.3 Å². The molecule has 0 amide bonds. The number of esters is 1. The molecule has 0 radical (unpaired) electrons. The Bertz CT molecular complexity index is 1250. The van der Waals surface area contributed by atoms with Crippen molar-refractivity contribution in [2.24, 2.45) is 16.8 Å². The van der Waals surface area contributed by atoms with Crippen molar-refractivity contribution in [3.63, 3.8) is 0 Å². The smallest absolute Gasteiger partial charge is 0.315 e. The van der Waals surface area contributed by atoms with Gasteiger partial charge in [-0.1, -0.05) is 37.6 Å². The van der Waals surface area contributed by atoms with Crippen molar-refractivity contribution in [1.29, 1.82) is 0 Å². The fourth-order valence-corrected chi connectivity index (χ4v) is 5.55. The number of hydrogen-bond acceptors (Lipinski definition) is 6. The Labute approximate surface area is 224 Å². The average molecular weight is 575 g/mol. The number of ketones is 1. The normalized spacial score (nSPS) is 21.8. The van der Waals surface area contributed by atoms with Gasteiger partial charge in [-0.25, -0.2) is 0 Å². The molecular formula is C28H29BrClNO5. The quantitative estimate of drug-likeness (QED) is 0.393. The highest BCUT2D eigenvalue weighted by Crippen LogP contribution is 2.49. The van der Waals surface area contributed by atoms with Gasteiger partial charge in [-0.05, 0) is 76.5 Å². The second kappa shape index (κ2) is 10.8. The molecule has 0 fully saturated rings. The molecule has 0 spiro atoms. The third-order valence-electron chi connectivity index (χ3n) is 6.67. The highest BCUT2D eigenvalue weighted by molar-refractivity contribution is 9.10. The molecule has 0 bridgehead atoms. The predicted octanol–water partition coefficient (Wildman–Crippen LogP) is 6.59. The van der Waals surface area contributed by atoms with Gasteiger partial charge in [-0.15, -0.1) is 0 Å². The highest BCUT2D eigenvalue weighted by Gasteiger charge is 2.45. The van der Waals surface area contributed by atoms with Gasteiger partial charge in [-0.3, -0.25) is 14.6 Å². The molecule has 36 heavy (non-hydrogen) atoms. The van der Waals surface area contributed by atoms with E-state index in [4.69, 9.17) is 26.1 Å². The number of nitrogens with zero attached hydrogens (tertiary/aromatic N) is 1. The van der Waals surface area contributed by atoms with Crippen molar-refractivity contribution >= 4 is 45.0 Å². The van der Waals surface area contributed by atoms with E-state index < -0.39 is 17.8 Å². The van der Waals surface area contributed by atoms with Crippen molar-refractivity contribution in [2.75, 3.05) is 13.7 Å². The minimum atomic E-state index is -0.764. The molecule has 1 aliphatic carbocycles. The van der Waals surface area contributed by atoms with E-state index in [-0.39, 0.29) is 35.7 Å². The average Bonchev–Trinajstić information content (AvgIpc) is 2.83. The first-order valence-electron chi connectivity index (χ1n) is 11.9. The molecule has 8 heteroatoms. The number of phenols is 1. The number of methoxy groups -OCH3 is 1. The first-order chi connectivity index (χ1) is 17.1. The van der Waals surface area contributed by atoms with Crippen molar-refractivity contribution < 1.29 is 24.2 Å². The van der Waals surface area contributed by atoms with E-state index in [9.17, 15) is 14.7 Å². The Morgan fingerprint density at radius 3 is 2.53 bits per heavy atom. The molecule has 2 aromatic rings. The number of aromatic hydroxyl groups is 1. The topological polar surface area (TPSA) is 85.2 Å². The van der Waals surface area contributed by atoms with Crippen molar-refractivity contribution in [1.82, 2.24) is 0 Å². The number of Topliss-reactive ketones (excluding diaryl/α,β-unsaturated/α-hetero) is 1. The molecule has 0 saturated carbocycles.